The third kappa shape index (κ3) is 6.22. The molecular weight excluding hydrogens is 216 g/mol. The fraction of sp³-hybridized carbons (Fsp3) is 0.778. The minimum absolute atomic E-state index is 0.0336. The van der Waals surface area contributed by atoms with Crippen LogP contribution in [0.1, 0.15) is 20.3 Å². The van der Waals surface area contributed by atoms with E-state index in [4.69, 9.17) is 5.11 Å². The predicted molar refractivity (Wildman–Crippen MR) is 61.2 cm³/mol. The van der Waals surface area contributed by atoms with Gasteiger partial charge in [0, 0.05) is 11.8 Å². The summed E-state index contributed by atoms with van der Waals surface area (Å²) in [7, 11) is 0. The number of carbonyl (C=O) groups excluding carboxylic acids is 1. The smallest absolute Gasteiger partial charge is 0.326 e. The normalized spacial score (nSPS) is 14.1. The predicted octanol–water partition coefficient (Wildman–Crippen LogP) is 0.900. The lowest BCUT2D eigenvalue weighted by Gasteiger charge is -2.16. The molecule has 0 aromatic carbocycles. The number of nitrogens with one attached hydrogen (secondary N) is 2. The van der Waals surface area contributed by atoms with Gasteiger partial charge in [0.15, 0.2) is 0 Å². The average molecular weight is 234 g/mol. The van der Waals surface area contributed by atoms with E-state index in [2.05, 4.69) is 10.6 Å². The lowest BCUT2D eigenvalue weighted by Crippen LogP contribution is -2.48. The summed E-state index contributed by atoms with van der Waals surface area (Å²) in [6.07, 6.45) is 2.32. The average Bonchev–Trinajstić information content (AvgIpc) is 2.13. The molecule has 0 heterocycles. The van der Waals surface area contributed by atoms with Crippen LogP contribution in [0.2, 0.25) is 0 Å². The SMILES string of the molecule is CCC(NC(=O)NC(C)CSC)C(=O)O. The van der Waals surface area contributed by atoms with E-state index in [9.17, 15) is 9.59 Å². The number of hydrogen-bond donors (Lipinski definition) is 3. The third-order valence-corrected chi connectivity index (χ3v) is 2.64. The molecular formula is C9H18N2O3S. The minimum Gasteiger partial charge on any atom is -0.480 e. The van der Waals surface area contributed by atoms with Gasteiger partial charge in [0.1, 0.15) is 6.04 Å². The van der Waals surface area contributed by atoms with Gasteiger partial charge < -0.3 is 15.7 Å². The van der Waals surface area contributed by atoms with Gasteiger partial charge in [0.2, 0.25) is 0 Å². The first kappa shape index (κ1) is 14.1. The molecule has 3 N–H and O–H groups in total. The van der Waals surface area contributed by atoms with Crippen molar-refractivity contribution < 1.29 is 14.7 Å². The Balaban J connectivity index is 3.96. The third-order valence-electron chi connectivity index (χ3n) is 1.81. The van der Waals surface area contributed by atoms with Crippen LogP contribution in [0.4, 0.5) is 4.79 Å². The zero-order valence-corrected chi connectivity index (χ0v) is 10.1. The number of thioether (sulfide) groups is 1. The van der Waals surface area contributed by atoms with Gasteiger partial charge in [-0.15, -0.1) is 0 Å². The number of carboxylic acids is 1. The molecule has 0 saturated carbocycles. The Labute approximate surface area is 94.0 Å². The van der Waals surface area contributed by atoms with Crippen molar-refractivity contribution in [1.29, 1.82) is 0 Å². The molecule has 2 atom stereocenters. The Morgan fingerprint density at radius 1 is 1.40 bits per heavy atom. The molecule has 0 aromatic rings. The Morgan fingerprint density at radius 3 is 2.40 bits per heavy atom. The van der Waals surface area contributed by atoms with Crippen molar-refractivity contribution >= 4 is 23.8 Å². The van der Waals surface area contributed by atoms with Gasteiger partial charge in [-0.2, -0.15) is 11.8 Å². The van der Waals surface area contributed by atoms with Gasteiger partial charge in [0.25, 0.3) is 0 Å². The van der Waals surface area contributed by atoms with Gasteiger partial charge in [-0.05, 0) is 19.6 Å². The van der Waals surface area contributed by atoms with Crippen LogP contribution in [0, 0.1) is 0 Å². The number of amides is 2. The van der Waals surface area contributed by atoms with Crippen molar-refractivity contribution in [2.45, 2.75) is 32.4 Å². The summed E-state index contributed by atoms with van der Waals surface area (Å²) in [4.78, 5) is 21.9. The van der Waals surface area contributed by atoms with Gasteiger partial charge in [-0.1, -0.05) is 6.92 Å². The Morgan fingerprint density at radius 2 is 2.00 bits per heavy atom. The van der Waals surface area contributed by atoms with E-state index in [0.717, 1.165) is 5.75 Å². The molecule has 0 radical (unpaired) electrons. The molecule has 2 unspecified atom stereocenters. The van der Waals surface area contributed by atoms with Crippen LogP contribution in [-0.2, 0) is 4.79 Å². The second-order valence-corrected chi connectivity index (χ2v) is 4.18. The summed E-state index contributed by atoms with van der Waals surface area (Å²) >= 11 is 1.62. The van der Waals surface area contributed by atoms with Crippen LogP contribution in [0.15, 0.2) is 0 Å². The van der Waals surface area contributed by atoms with Gasteiger partial charge in [0.05, 0.1) is 0 Å². The molecule has 0 saturated heterocycles. The van der Waals surface area contributed by atoms with E-state index in [-0.39, 0.29) is 6.04 Å². The van der Waals surface area contributed by atoms with E-state index in [1.54, 1.807) is 18.7 Å². The molecule has 0 aliphatic rings. The highest BCUT2D eigenvalue weighted by molar-refractivity contribution is 7.98. The first-order valence-electron chi connectivity index (χ1n) is 4.80. The number of carbonyl (C=O) groups is 2. The topological polar surface area (TPSA) is 78.4 Å². The van der Waals surface area contributed by atoms with E-state index in [1.807, 2.05) is 13.2 Å². The fourth-order valence-electron chi connectivity index (χ4n) is 1.05. The maximum atomic E-state index is 11.3. The number of hydrogen-bond acceptors (Lipinski definition) is 3. The van der Waals surface area contributed by atoms with E-state index in [0.29, 0.717) is 6.42 Å². The molecule has 0 fully saturated rings. The van der Waals surface area contributed by atoms with Crippen LogP contribution in [-0.4, -0.2) is 41.2 Å². The summed E-state index contributed by atoms with van der Waals surface area (Å²) in [6.45, 7) is 3.59. The van der Waals surface area contributed by atoms with Crippen molar-refractivity contribution in [1.82, 2.24) is 10.6 Å². The fourth-order valence-corrected chi connectivity index (χ4v) is 1.64. The highest BCUT2D eigenvalue weighted by Crippen LogP contribution is 1.96. The molecule has 0 aliphatic carbocycles. The van der Waals surface area contributed by atoms with Crippen LogP contribution in [0.25, 0.3) is 0 Å². The lowest BCUT2D eigenvalue weighted by atomic mass is 10.2. The lowest BCUT2D eigenvalue weighted by molar-refractivity contribution is -0.139. The highest BCUT2D eigenvalue weighted by Gasteiger charge is 2.17. The van der Waals surface area contributed by atoms with Gasteiger partial charge in [-0.25, -0.2) is 9.59 Å². The standard InChI is InChI=1S/C9H18N2O3S/c1-4-7(8(12)13)11-9(14)10-6(2)5-15-3/h6-7H,4-5H2,1-3H3,(H,12,13)(H2,10,11,14). The number of carboxylic acid groups (broad SMARTS) is 1. The van der Waals surface area contributed by atoms with Crippen LogP contribution >= 0.6 is 11.8 Å². The monoisotopic (exact) mass is 234 g/mol. The van der Waals surface area contributed by atoms with Crippen molar-refractivity contribution in [2.75, 3.05) is 12.0 Å². The molecule has 0 aromatic heterocycles. The summed E-state index contributed by atoms with van der Waals surface area (Å²) < 4.78 is 0. The van der Waals surface area contributed by atoms with Crippen molar-refractivity contribution in [3.63, 3.8) is 0 Å². The highest BCUT2D eigenvalue weighted by atomic mass is 32.2. The van der Waals surface area contributed by atoms with Crippen molar-refractivity contribution in [3.05, 3.63) is 0 Å². The van der Waals surface area contributed by atoms with Gasteiger partial charge >= 0.3 is 12.0 Å². The van der Waals surface area contributed by atoms with E-state index >= 15 is 0 Å². The van der Waals surface area contributed by atoms with E-state index in [1.165, 1.54) is 0 Å². The first-order valence-corrected chi connectivity index (χ1v) is 6.19. The second kappa shape index (κ2) is 7.39. The van der Waals surface area contributed by atoms with Gasteiger partial charge in [-0.3, -0.25) is 0 Å². The molecule has 0 spiro atoms. The molecule has 2 amide bonds. The molecule has 15 heavy (non-hydrogen) atoms. The quantitative estimate of drug-likeness (QED) is 0.638. The number of rotatable bonds is 6. The summed E-state index contributed by atoms with van der Waals surface area (Å²) in [5, 5.41) is 13.8. The zero-order valence-electron chi connectivity index (χ0n) is 9.24. The molecule has 6 heteroatoms. The Kier molecular flexibility index (Phi) is 6.94. The molecule has 0 bridgehead atoms. The second-order valence-electron chi connectivity index (χ2n) is 3.27. The molecule has 0 rings (SSSR count). The van der Waals surface area contributed by atoms with Crippen LogP contribution < -0.4 is 10.6 Å². The largest absolute Gasteiger partial charge is 0.480 e. The summed E-state index contributed by atoms with van der Waals surface area (Å²) in [5.74, 6) is -0.206. The summed E-state index contributed by atoms with van der Waals surface area (Å²) in [5.41, 5.74) is 0. The zero-order chi connectivity index (χ0) is 11.8. The van der Waals surface area contributed by atoms with Crippen molar-refractivity contribution in [2.24, 2.45) is 0 Å². The minimum atomic E-state index is -1.01. The van der Waals surface area contributed by atoms with Crippen LogP contribution in [0.5, 0.6) is 0 Å². The number of aliphatic carboxylic acids is 1. The first-order chi connectivity index (χ1) is 7.01. The van der Waals surface area contributed by atoms with E-state index < -0.39 is 18.0 Å². The molecule has 88 valence electrons. The molecule has 5 nitrogen and oxygen atoms in total. The summed E-state index contributed by atoms with van der Waals surface area (Å²) in [6, 6.07) is -1.21. The Bertz CT molecular complexity index is 223. The van der Waals surface area contributed by atoms with Crippen molar-refractivity contribution in [3.8, 4) is 0 Å². The maximum Gasteiger partial charge on any atom is 0.326 e. The maximum absolute atomic E-state index is 11.3. The Hall–Kier alpha value is -0.910. The number of urea groups is 1. The van der Waals surface area contributed by atoms with Crippen LogP contribution in [0.3, 0.4) is 0 Å². The molecule has 0 aliphatic heterocycles.